The summed E-state index contributed by atoms with van der Waals surface area (Å²) in [5.74, 6) is -2.19. The molecule has 186 valence electrons. The highest BCUT2D eigenvalue weighted by atomic mass is 16.2. The molecule has 0 saturated carbocycles. The highest BCUT2D eigenvalue weighted by molar-refractivity contribution is 6.39. The van der Waals surface area contributed by atoms with Gasteiger partial charge in [-0.05, 0) is 42.0 Å². The largest absolute Gasteiger partial charge is 0.376 e. The summed E-state index contributed by atoms with van der Waals surface area (Å²) in [5, 5.41) is 5.62. The number of likely N-dealkylation sites (tertiary alicyclic amines) is 1. The van der Waals surface area contributed by atoms with E-state index in [0.29, 0.717) is 13.0 Å². The summed E-state index contributed by atoms with van der Waals surface area (Å²) in [7, 11) is 3.40. The van der Waals surface area contributed by atoms with E-state index in [1.165, 1.54) is 23.4 Å². The number of nitrogens with zero attached hydrogens (tertiary/aromatic N) is 3. The normalized spacial score (nSPS) is 16.8. The molecule has 1 atom stereocenters. The van der Waals surface area contributed by atoms with E-state index in [1.54, 1.807) is 19.0 Å². The van der Waals surface area contributed by atoms with Crippen molar-refractivity contribution in [3.05, 3.63) is 53.9 Å². The third-order valence-electron chi connectivity index (χ3n) is 6.04. The number of pyridine rings is 1. The molecule has 1 aromatic heterocycles. The van der Waals surface area contributed by atoms with Crippen LogP contribution in [0.3, 0.4) is 0 Å². The number of nitrogens with one attached hydrogen (secondary N) is 2. The lowest BCUT2D eigenvalue weighted by Gasteiger charge is -2.43. The smallest absolute Gasteiger partial charge is 0.313 e. The van der Waals surface area contributed by atoms with E-state index in [0.717, 1.165) is 17.7 Å². The fraction of sp³-hybridized carbons (Fsp3) is 0.400. The van der Waals surface area contributed by atoms with Crippen LogP contribution in [0.25, 0.3) is 0 Å². The van der Waals surface area contributed by atoms with Crippen LogP contribution >= 0.6 is 0 Å². The van der Waals surface area contributed by atoms with Crippen molar-refractivity contribution in [2.24, 2.45) is 11.1 Å². The maximum absolute atomic E-state index is 13.2. The average Bonchev–Trinajstić information content (AvgIpc) is 2.82. The third kappa shape index (κ3) is 6.56. The number of benzene rings is 1. The highest BCUT2D eigenvalue weighted by Gasteiger charge is 2.38. The van der Waals surface area contributed by atoms with Gasteiger partial charge in [0.1, 0.15) is 0 Å². The lowest BCUT2D eigenvalue weighted by atomic mass is 9.79. The molecule has 1 aliphatic heterocycles. The molecule has 0 radical (unpaired) electrons. The fourth-order valence-corrected chi connectivity index (χ4v) is 4.01. The van der Waals surface area contributed by atoms with Crippen molar-refractivity contribution in [2.45, 2.75) is 32.7 Å². The fourth-order valence-electron chi connectivity index (χ4n) is 4.01. The third-order valence-corrected chi connectivity index (χ3v) is 6.04. The predicted molar refractivity (Wildman–Crippen MR) is 132 cm³/mol. The first-order valence-corrected chi connectivity index (χ1v) is 11.4. The van der Waals surface area contributed by atoms with Gasteiger partial charge in [-0.1, -0.05) is 26.0 Å². The first-order valence-electron chi connectivity index (χ1n) is 11.4. The van der Waals surface area contributed by atoms with E-state index in [2.05, 4.69) is 29.5 Å². The first kappa shape index (κ1) is 25.7. The average molecular weight is 481 g/mol. The van der Waals surface area contributed by atoms with Crippen molar-refractivity contribution in [3.63, 3.8) is 0 Å². The van der Waals surface area contributed by atoms with Gasteiger partial charge in [0, 0.05) is 32.5 Å². The van der Waals surface area contributed by atoms with Crippen molar-refractivity contribution < 1.29 is 19.2 Å². The summed E-state index contributed by atoms with van der Waals surface area (Å²) >= 11 is 0. The van der Waals surface area contributed by atoms with E-state index >= 15 is 0 Å². The molecular weight excluding hydrogens is 448 g/mol. The maximum atomic E-state index is 13.2. The van der Waals surface area contributed by atoms with Crippen LogP contribution in [-0.2, 0) is 14.4 Å². The first-order chi connectivity index (χ1) is 16.5. The van der Waals surface area contributed by atoms with Crippen molar-refractivity contribution >= 4 is 35.0 Å². The Balaban J connectivity index is 1.76. The Hall–Kier alpha value is -3.95. The Bertz CT molecular complexity index is 1110. The number of likely N-dealkylation sites (N-methyl/N-ethyl adjacent to an activating group) is 1. The van der Waals surface area contributed by atoms with Crippen molar-refractivity contribution in [2.75, 3.05) is 37.8 Å². The minimum absolute atomic E-state index is 0.0389. The molecule has 1 aromatic carbocycles. The monoisotopic (exact) mass is 480 g/mol. The zero-order valence-corrected chi connectivity index (χ0v) is 20.5. The molecule has 1 fully saturated rings. The molecule has 2 heterocycles. The lowest BCUT2D eigenvalue weighted by Crippen LogP contribution is -2.49. The van der Waals surface area contributed by atoms with Crippen LogP contribution in [0.2, 0.25) is 0 Å². The molecule has 3 rings (SSSR count). The molecule has 0 aliphatic carbocycles. The summed E-state index contributed by atoms with van der Waals surface area (Å²) in [5.41, 5.74) is 7.17. The second-order valence-corrected chi connectivity index (χ2v) is 9.70. The summed E-state index contributed by atoms with van der Waals surface area (Å²) in [6, 6.07) is 8.65. The van der Waals surface area contributed by atoms with Gasteiger partial charge in [-0.3, -0.25) is 24.2 Å². The van der Waals surface area contributed by atoms with E-state index in [1.807, 2.05) is 24.3 Å². The number of primary amides is 1. The second-order valence-electron chi connectivity index (χ2n) is 9.70. The van der Waals surface area contributed by atoms with E-state index < -0.39 is 17.7 Å². The summed E-state index contributed by atoms with van der Waals surface area (Å²) in [6.45, 7) is 4.73. The Kier molecular flexibility index (Phi) is 7.73. The minimum Gasteiger partial charge on any atom is -0.376 e. The number of carbonyl (C=O) groups excluding carboxylic acids is 4. The van der Waals surface area contributed by atoms with E-state index in [-0.39, 0.29) is 35.2 Å². The number of nitrogens with two attached hydrogens (primary N) is 1. The van der Waals surface area contributed by atoms with Gasteiger partial charge in [0.2, 0.25) is 11.8 Å². The SMILES string of the molecule is CN(C)C(=O)CNc1ccc([C@@H]2CCC(C)(C)CN2C(=O)C(=O)Nc2cncc(C(N)=O)c2)cc1. The number of piperidine rings is 1. The Morgan fingerprint density at radius 3 is 2.43 bits per heavy atom. The summed E-state index contributed by atoms with van der Waals surface area (Å²) in [6.07, 6.45) is 4.24. The number of hydrogen-bond acceptors (Lipinski definition) is 6. The number of amides is 4. The van der Waals surface area contributed by atoms with Gasteiger partial charge < -0.3 is 26.2 Å². The van der Waals surface area contributed by atoms with Crippen molar-refractivity contribution in [1.29, 1.82) is 0 Å². The molecule has 4 N–H and O–H groups in total. The molecule has 0 unspecified atom stereocenters. The molecular formula is C25H32N6O4. The van der Waals surface area contributed by atoms with Crippen molar-refractivity contribution in [3.8, 4) is 0 Å². The van der Waals surface area contributed by atoms with Crippen LogP contribution in [-0.4, -0.2) is 65.6 Å². The molecule has 2 aromatic rings. The minimum atomic E-state index is -0.809. The Morgan fingerprint density at radius 2 is 1.80 bits per heavy atom. The summed E-state index contributed by atoms with van der Waals surface area (Å²) in [4.78, 5) is 56.3. The topological polar surface area (TPSA) is 138 Å². The van der Waals surface area contributed by atoms with Gasteiger partial charge in [-0.15, -0.1) is 0 Å². The quantitative estimate of drug-likeness (QED) is 0.541. The highest BCUT2D eigenvalue weighted by Crippen LogP contribution is 2.39. The molecule has 10 heteroatoms. The predicted octanol–water partition coefficient (Wildman–Crippen LogP) is 2.01. The van der Waals surface area contributed by atoms with Crippen LogP contribution in [0.5, 0.6) is 0 Å². The molecule has 10 nitrogen and oxygen atoms in total. The molecule has 0 spiro atoms. The molecule has 35 heavy (non-hydrogen) atoms. The van der Waals surface area contributed by atoms with E-state index in [9.17, 15) is 19.2 Å². The van der Waals surface area contributed by atoms with Crippen LogP contribution in [0.1, 0.15) is 48.7 Å². The van der Waals surface area contributed by atoms with Crippen LogP contribution < -0.4 is 16.4 Å². The van der Waals surface area contributed by atoms with E-state index in [4.69, 9.17) is 5.73 Å². The zero-order valence-electron chi connectivity index (χ0n) is 20.5. The summed E-state index contributed by atoms with van der Waals surface area (Å²) < 4.78 is 0. The molecule has 4 amide bonds. The number of carbonyl (C=O) groups is 4. The number of aromatic nitrogens is 1. The molecule has 0 bridgehead atoms. The van der Waals surface area contributed by atoms with Crippen molar-refractivity contribution in [1.82, 2.24) is 14.8 Å². The number of hydrogen-bond donors (Lipinski definition) is 3. The van der Waals surface area contributed by atoms with Gasteiger partial charge in [-0.25, -0.2) is 0 Å². The standard InChI is InChI=1S/C25H32N6O4/c1-25(2)10-9-20(16-5-7-18(8-6-16)28-14-21(32)30(3)4)31(15-25)24(35)23(34)29-19-11-17(22(26)33)12-27-13-19/h5-8,11-13,20,28H,9-10,14-15H2,1-4H3,(H2,26,33)(H,29,34)/t20-/m0/s1. The number of rotatable bonds is 6. The van der Waals surface area contributed by atoms with Gasteiger partial charge in [0.25, 0.3) is 0 Å². The Morgan fingerprint density at radius 1 is 1.11 bits per heavy atom. The van der Waals surface area contributed by atoms with Gasteiger partial charge in [0.15, 0.2) is 0 Å². The lowest BCUT2D eigenvalue weighted by molar-refractivity contribution is -0.147. The van der Waals surface area contributed by atoms with Gasteiger partial charge in [0.05, 0.1) is 30.0 Å². The molecule has 1 saturated heterocycles. The second kappa shape index (κ2) is 10.5. The zero-order chi connectivity index (χ0) is 25.8. The van der Waals surface area contributed by atoms with Crippen LogP contribution in [0.15, 0.2) is 42.7 Å². The maximum Gasteiger partial charge on any atom is 0.313 e. The van der Waals surface area contributed by atoms with Gasteiger partial charge >= 0.3 is 11.8 Å². The Labute approximate surface area is 204 Å². The number of anilines is 2. The molecule has 1 aliphatic rings. The van der Waals surface area contributed by atoms with Crippen LogP contribution in [0.4, 0.5) is 11.4 Å². The van der Waals surface area contributed by atoms with Crippen LogP contribution in [0, 0.1) is 5.41 Å². The van der Waals surface area contributed by atoms with Gasteiger partial charge in [-0.2, -0.15) is 0 Å².